The van der Waals surface area contributed by atoms with E-state index in [1.807, 2.05) is 66.7 Å². The Hall–Kier alpha value is -3.55. The Morgan fingerprint density at radius 1 is 0.821 bits per heavy atom. The molecule has 0 unspecified atom stereocenters. The Labute approximate surface area is 230 Å². The smallest absolute Gasteiger partial charge is 0.178 e. The van der Waals surface area contributed by atoms with Crippen LogP contribution in [0.1, 0.15) is 24.8 Å². The van der Waals surface area contributed by atoms with Crippen LogP contribution in [0, 0.1) is 0 Å². The predicted octanol–water partition coefficient (Wildman–Crippen LogP) is 6.50. The molecule has 202 valence electrons. The highest BCUT2D eigenvalue weighted by atomic mass is 32.2. The van der Waals surface area contributed by atoms with E-state index in [9.17, 15) is 8.42 Å². The number of nitrogens with zero attached hydrogens (tertiary/aromatic N) is 1. The minimum Gasteiger partial charge on any atom is -0.497 e. The van der Waals surface area contributed by atoms with E-state index in [-0.39, 0.29) is 5.75 Å². The van der Waals surface area contributed by atoms with Crippen LogP contribution in [0.5, 0.6) is 23.0 Å². The van der Waals surface area contributed by atoms with E-state index in [2.05, 4.69) is 4.90 Å². The molecule has 0 amide bonds. The molecule has 0 bridgehead atoms. The van der Waals surface area contributed by atoms with Crippen molar-refractivity contribution in [1.29, 1.82) is 0 Å². The summed E-state index contributed by atoms with van der Waals surface area (Å²) in [4.78, 5) is 2.90. The maximum absolute atomic E-state index is 12.4. The second-order valence-corrected chi connectivity index (χ2v) is 12.3. The second-order valence-electron chi connectivity index (χ2n) is 10.2. The van der Waals surface area contributed by atoms with Crippen LogP contribution in [0.25, 0.3) is 21.9 Å². The van der Waals surface area contributed by atoms with Crippen molar-refractivity contribution in [3.63, 3.8) is 0 Å². The zero-order chi connectivity index (χ0) is 26.8. The lowest BCUT2D eigenvalue weighted by Gasteiger charge is -2.26. The Balaban J connectivity index is 1.28. The number of likely N-dealkylation sites (tertiary alicyclic amines) is 1. The molecule has 4 aromatic carbocycles. The van der Waals surface area contributed by atoms with E-state index in [1.165, 1.54) is 19.3 Å². The maximum Gasteiger partial charge on any atom is 0.178 e. The Bertz CT molecular complexity index is 1590. The molecule has 39 heavy (non-hydrogen) atoms. The summed E-state index contributed by atoms with van der Waals surface area (Å²) in [5, 5.41) is 1.94. The molecule has 1 saturated heterocycles. The first-order valence-corrected chi connectivity index (χ1v) is 15.3. The molecule has 0 spiro atoms. The average Bonchev–Trinajstić information content (AvgIpc) is 3.28. The second kappa shape index (κ2) is 10.9. The number of rotatable bonds is 8. The first-order valence-electron chi connectivity index (χ1n) is 13.6. The summed E-state index contributed by atoms with van der Waals surface area (Å²) in [5.41, 5.74) is 2.69. The molecule has 2 aliphatic heterocycles. The molecule has 2 aliphatic rings. The number of hydrogen-bond donors (Lipinski definition) is 0. The zero-order valence-corrected chi connectivity index (χ0v) is 23.0. The van der Waals surface area contributed by atoms with Crippen LogP contribution in [0.15, 0.2) is 77.7 Å². The third-order valence-corrected chi connectivity index (χ3v) is 9.50. The van der Waals surface area contributed by atoms with E-state index in [1.54, 1.807) is 13.2 Å². The topological polar surface area (TPSA) is 65.1 Å². The molecule has 6 nitrogen and oxygen atoms in total. The molecule has 0 aromatic heterocycles. The van der Waals surface area contributed by atoms with E-state index in [4.69, 9.17) is 14.2 Å². The lowest BCUT2D eigenvalue weighted by Crippen LogP contribution is -2.33. The molecule has 0 aliphatic carbocycles. The third-order valence-electron chi connectivity index (χ3n) is 7.69. The fourth-order valence-corrected chi connectivity index (χ4v) is 7.09. The first-order chi connectivity index (χ1) is 19.0. The van der Waals surface area contributed by atoms with Crippen molar-refractivity contribution < 1.29 is 22.6 Å². The number of piperidine rings is 1. The van der Waals surface area contributed by atoms with Crippen LogP contribution in [-0.4, -0.2) is 52.4 Å². The van der Waals surface area contributed by atoms with Crippen molar-refractivity contribution in [2.45, 2.75) is 30.6 Å². The zero-order valence-electron chi connectivity index (χ0n) is 22.2. The van der Waals surface area contributed by atoms with Gasteiger partial charge in [-0.2, -0.15) is 0 Å². The van der Waals surface area contributed by atoms with Crippen LogP contribution < -0.4 is 14.2 Å². The summed E-state index contributed by atoms with van der Waals surface area (Å²) in [6.45, 7) is 3.94. The van der Waals surface area contributed by atoms with Gasteiger partial charge in [-0.15, -0.1) is 0 Å². The van der Waals surface area contributed by atoms with Gasteiger partial charge >= 0.3 is 0 Å². The van der Waals surface area contributed by atoms with E-state index >= 15 is 0 Å². The van der Waals surface area contributed by atoms with Crippen LogP contribution in [0.2, 0.25) is 0 Å². The van der Waals surface area contributed by atoms with Gasteiger partial charge in [0.05, 0.1) is 17.8 Å². The van der Waals surface area contributed by atoms with Gasteiger partial charge in [0.15, 0.2) is 9.84 Å². The van der Waals surface area contributed by atoms with E-state index in [0.717, 1.165) is 64.3 Å². The molecular formula is C32H33NO5S. The van der Waals surface area contributed by atoms with Crippen molar-refractivity contribution in [2.75, 3.05) is 39.1 Å². The lowest BCUT2D eigenvalue weighted by molar-refractivity contribution is 0.183. The molecule has 7 heteroatoms. The van der Waals surface area contributed by atoms with Crippen LogP contribution in [-0.2, 0) is 16.3 Å². The normalized spacial score (nSPS) is 16.6. The van der Waals surface area contributed by atoms with Gasteiger partial charge in [-0.3, -0.25) is 4.90 Å². The quantitative estimate of drug-likeness (QED) is 0.253. The van der Waals surface area contributed by atoms with Crippen molar-refractivity contribution in [3.05, 3.63) is 78.4 Å². The fourth-order valence-electron chi connectivity index (χ4n) is 5.54. The van der Waals surface area contributed by atoms with Gasteiger partial charge in [0.25, 0.3) is 0 Å². The van der Waals surface area contributed by atoms with Gasteiger partial charge in [0, 0.05) is 17.5 Å². The van der Waals surface area contributed by atoms with Gasteiger partial charge in [0.1, 0.15) is 29.6 Å². The highest BCUT2D eigenvalue weighted by Gasteiger charge is 2.26. The SMILES string of the molecule is COc1ccc2c(Oc3ccc(OCCN4CCCCC4)cc3)c(-c3ccc4c(c3)CCS4(=O)=O)ccc2c1. The molecular weight excluding hydrogens is 510 g/mol. The highest BCUT2D eigenvalue weighted by molar-refractivity contribution is 7.91. The third kappa shape index (κ3) is 5.47. The molecule has 4 aromatic rings. The number of benzene rings is 4. The molecule has 0 saturated carbocycles. The number of hydrogen-bond acceptors (Lipinski definition) is 6. The molecule has 6 rings (SSSR count). The summed E-state index contributed by atoms with van der Waals surface area (Å²) in [6.07, 6.45) is 4.42. The monoisotopic (exact) mass is 543 g/mol. The number of methoxy groups -OCH3 is 1. The van der Waals surface area contributed by atoms with Crippen LogP contribution >= 0.6 is 0 Å². The Morgan fingerprint density at radius 2 is 1.59 bits per heavy atom. The van der Waals surface area contributed by atoms with Gasteiger partial charge in [-0.25, -0.2) is 8.42 Å². The minimum atomic E-state index is -3.18. The van der Waals surface area contributed by atoms with Gasteiger partial charge in [-0.1, -0.05) is 18.6 Å². The molecule has 0 radical (unpaired) electrons. The van der Waals surface area contributed by atoms with Crippen molar-refractivity contribution in [3.8, 4) is 34.1 Å². The Kier molecular flexibility index (Phi) is 7.19. The summed E-state index contributed by atoms with van der Waals surface area (Å²) in [7, 11) is -1.53. The minimum absolute atomic E-state index is 0.166. The van der Waals surface area contributed by atoms with Crippen molar-refractivity contribution in [2.24, 2.45) is 0 Å². The summed E-state index contributed by atoms with van der Waals surface area (Å²) in [6, 6.07) is 23.3. The van der Waals surface area contributed by atoms with Crippen LogP contribution in [0.4, 0.5) is 0 Å². The van der Waals surface area contributed by atoms with Crippen molar-refractivity contribution >= 4 is 20.6 Å². The Morgan fingerprint density at radius 3 is 2.38 bits per heavy atom. The molecule has 1 fully saturated rings. The highest BCUT2D eigenvalue weighted by Crippen LogP contribution is 2.42. The number of fused-ring (bicyclic) bond motifs is 2. The van der Waals surface area contributed by atoms with Gasteiger partial charge < -0.3 is 14.2 Å². The summed E-state index contributed by atoms with van der Waals surface area (Å²) < 4.78 is 42.7. The maximum atomic E-state index is 12.4. The van der Waals surface area contributed by atoms with Gasteiger partial charge in [-0.05, 0) is 110 Å². The van der Waals surface area contributed by atoms with Crippen LogP contribution in [0.3, 0.4) is 0 Å². The first kappa shape index (κ1) is 25.7. The summed E-state index contributed by atoms with van der Waals surface area (Å²) in [5.74, 6) is 3.18. The number of sulfone groups is 1. The molecule has 0 N–H and O–H groups in total. The number of aryl methyl sites for hydroxylation is 1. The predicted molar refractivity (Wildman–Crippen MR) is 154 cm³/mol. The summed E-state index contributed by atoms with van der Waals surface area (Å²) >= 11 is 0. The average molecular weight is 544 g/mol. The van der Waals surface area contributed by atoms with Crippen molar-refractivity contribution in [1.82, 2.24) is 4.90 Å². The standard InChI is InChI=1S/C32H33NO5S/c1-36-28-11-13-30-24(22-28)5-12-29(23-6-14-31-25(21-23)15-20-39(31,34)35)32(30)38-27-9-7-26(8-10-27)37-19-18-33-16-3-2-4-17-33/h5-14,21-22H,2-4,15-20H2,1H3. The lowest BCUT2D eigenvalue weighted by atomic mass is 9.97. The largest absolute Gasteiger partial charge is 0.497 e. The molecule has 2 heterocycles. The molecule has 0 atom stereocenters. The fraction of sp³-hybridized carbons (Fsp3) is 0.312. The van der Waals surface area contributed by atoms with E-state index < -0.39 is 9.84 Å². The number of ether oxygens (including phenoxy) is 3. The van der Waals surface area contributed by atoms with E-state index in [0.29, 0.717) is 23.7 Å². The van der Waals surface area contributed by atoms with Gasteiger partial charge in [0.2, 0.25) is 0 Å².